The van der Waals surface area contributed by atoms with Crippen molar-refractivity contribution in [2.75, 3.05) is 12.3 Å². The van der Waals surface area contributed by atoms with Crippen molar-refractivity contribution in [2.24, 2.45) is 0 Å². The van der Waals surface area contributed by atoms with Crippen LogP contribution in [-0.4, -0.2) is 41.5 Å². The van der Waals surface area contributed by atoms with Gasteiger partial charge in [0.05, 0.1) is 28.1 Å². The molecule has 0 saturated carbocycles. The van der Waals surface area contributed by atoms with Crippen molar-refractivity contribution in [2.45, 2.75) is 38.1 Å². The molecule has 0 bridgehead atoms. The van der Waals surface area contributed by atoms with Gasteiger partial charge in [-0.3, -0.25) is 9.59 Å². The third-order valence-corrected chi connectivity index (χ3v) is 6.84. The molecular formula is C22H24ClN3O4S. The number of carbonyl (C=O) groups excluding carboxylic acids is 1. The highest BCUT2D eigenvalue weighted by atomic mass is 35.5. The van der Waals surface area contributed by atoms with Crippen LogP contribution < -0.4 is 5.56 Å². The number of aromatic amines is 1. The number of amides is 1. The molecule has 0 fully saturated rings. The van der Waals surface area contributed by atoms with Gasteiger partial charge in [-0.1, -0.05) is 36.2 Å². The van der Waals surface area contributed by atoms with Gasteiger partial charge in [0.15, 0.2) is 9.84 Å². The Kier molecular flexibility index (Phi) is 7.12. The third-order valence-electron chi connectivity index (χ3n) is 4.87. The number of hydrogen-bond donors (Lipinski definition) is 1. The van der Waals surface area contributed by atoms with Crippen LogP contribution in [0.4, 0.5) is 0 Å². The summed E-state index contributed by atoms with van der Waals surface area (Å²) in [6.07, 6.45) is 0.528. The van der Waals surface area contributed by atoms with E-state index in [9.17, 15) is 18.0 Å². The summed E-state index contributed by atoms with van der Waals surface area (Å²) < 4.78 is 25.1. The SMILES string of the molecule is CCCN(Cc1nc2cc(Cl)ccc2c(=O)[nH]1)C(=O)CCS(=O)(=O)c1ccc(C)cc1. The number of benzene rings is 2. The Morgan fingerprint density at radius 2 is 1.87 bits per heavy atom. The summed E-state index contributed by atoms with van der Waals surface area (Å²) in [5.74, 6) is -0.277. The van der Waals surface area contributed by atoms with E-state index in [1.807, 2.05) is 13.8 Å². The van der Waals surface area contributed by atoms with E-state index in [1.54, 1.807) is 42.5 Å². The standard InChI is InChI=1S/C22H24ClN3O4S/c1-3-11-26(14-20-24-19-13-16(23)6-9-18(19)22(28)25-20)21(27)10-12-31(29,30)17-7-4-15(2)5-8-17/h4-9,13H,3,10-12,14H2,1-2H3,(H,24,25,28). The fourth-order valence-corrected chi connectivity index (χ4v) is 4.62. The first-order valence-corrected chi connectivity index (χ1v) is 12.0. The monoisotopic (exact) mass is 461 g/mol. The number of halogens is 1. The maximum absolute atomic E-state index is 12.8. The van der Waals surface area contributed by atoms with Crippen molar-refractivity contribution in [3.8, 4) is 0 Å². The molecule has 0 spiro atoms. The van der Waals surface area contributed by atoms with Gasteiger partial charge in [-0.05, 0) is 43.7 Å². The van der Waals surface area contributed by atoms with Crippen LogP contribution in [0, 0.1) is 6.92 Å². The van der Waals surface area contributed by atoms with Crippen LogP contribution in [-0.2, 0) is 21.2 Å². The number of nitrogens with zero attached hydrogens (tertiary/aromatic N) is 2. The Morgan fingerprint density at radius 3 is 2.55 bits per heavy atom. The predicted molar refractivity (Wildman–Crippen MR) is 121 cm³/mol. The van der Waals surface area contributed by atoms with Gasteiger partial charge in [0.25, 0.3) is 5.56 Å². The van der Waals surface area contributed by atoms with Crippen molar-refractivity contribution in [1.29, 1.82) is 0 Å². The average molecular weight is 462 g/mol. The molecule has 0 atom stereocenters. The lowest BCUT2D eigenvalue weighted by Crippen LogP contribution is -2.33. The first-order valence-electron chi connectivity index (χ1n) is 9.95. The molecule has 1 heterocycles. The Bertz CT molecular complexity index is 1250. The first-order chi connectivity index (χ1) is 14.7. The van der Waals surface area contributed by atoms with Gasteiger partial charge < -0.3 is 9.88 Å². The molecule has 2 aromatic carbocycles. The summed E-state index contributed by atoms with van der Waals surface area (Å²) in [7, 11) is -3.57. The normalized spacial score (nSPS) is 11.6. The second-order valence-electron chi connectivity index (χ2n) is 7.37. The fraction of sp³-hybridized carbons (Fsp3) is 0.318. The lowest BCUT2D eigenvalue weighted by atomic mass is 10.2. The smallest absolute Gasteiger partial charge is 0.258 e. The molecule has 0 radical (unpaired) electrons. The first kappa shape index (κ1) is 23.0. The quantitative estimate of drug-likeness (QED) is 0.553. The van der Waals surface area contributed by atoms with Gasteiger partial charge in [-0.2, -0.15) is 0 Å². The van der Waals surface area contributed by atoms with E-state index >= 15 is 0 Å². The van der Waals surface area contributed by atoms with Crippen LogP contribution in [0.5, 0.6) is 0 Å². The Labute approximate surface area is 186 Å². The van der Waals surface area contributed by atoms with Gasteiger partial charge in [0, 0.05) is 18.0 Å². The largest absolute Gasteiger partial charge is 0.335 e. The lowest BCUT2D eigenvalue weighted by Gasteiger charge is -2.21. The highest BCUT2D eigenvalue weighted by Gasteiger charge is 2.20. The van der Waals surface area contributed by atoms with E-state index < -0.39 is 9.84 Å². The maximum Gasteiger partial charge on any atom is 0.258 e. The number of hydrogen-bond acceptors (Lipinski definition) is 5. The van der Waals surface area contributed by atoms with Crippen LogP contribution in [0.15, 0.2) is 52.2 Å². The predicted octanol–water partition coefficient (Wildman–Crippen LogP) is 3.49. The van der Waals surface area contributed by atoms with Gasteiger partial charge >= 0.3 is 0 Å². The summed E-state index contributed by atoms with van der Waals surface area (Å²) in [6, 6.07) is 11.4. The number of nitrogens with one attached hydrogen (secondary N) is 1. The molecule has 1 N–H and O–H groups in total. The zero-order chi connectivity index (χ0) is 22.6. The molecule has 0 aliphatic heterocycles. The number of aryl methyl sites for hydroxylation is 1. The van der Waals surface area contributed by atoms with E-state index in [0.29, 0.717) is 34.7 Å². The van der Waals surface area contributed by atoms with Crippen LogP contribution in [0.25, 0.3) is 10.9 Å². The molecule has 3 aromatic rings. The van der Waals surface area contributed by atoms with Gasteiger partial charge in [-0.15, -0.1) is 0 Å². The Balaban J connectivity index is 1.75. The molecule has 0 aliphatic rings. The number of aromatic nitrogens is 2. The number of H-pyrrole nitrogens is 1. The zero-order valence-electron chi connectivity index (χ0n) is 17.4. The van der Waals surface area contributed by atoms with Crippen LogP contribution in [0.1, 0.15) is 31.2 Å². The summed E-state index contributed by atoms with van der Waals surface area (Å²) in [4.78, 5) is 34.0. The summed E-state index contributed by atoms with van der Waals surface area (Å²) in [5, 5.41) is 0.866. The molecule has 7 nitrogen and oxygen atoms in total. The highest BCUT2D eigenvalue weighted by Crippen LogP contribution is 2.16. The minimum absolute atomic E-state index is 0.0783. The summed E-state index contributed by atoms with van der Waals surface area (Å²) >= 11 is 6.00. The molecular weight excluding hydrogens is 438 g/mol. The Morgan fingerprint density at radius 1 is 1.16 bits per heavy atom. The van der Waals surface area contributed by atoms with E-state index in [2.05, 4.69) is 9.97 Å². The van der Waals surface area contributed by atoms with Crippen molar-refractivity contribution >= 4 is 38.2 Å². The fourth-order valence-electron chi connectivity index (χ4n) is 3.22. The molecule has 0 unspecified atom stereocenters. The minimum Gasteiger partial charge on any atom is -0.335 e. The second kappa shape index (κ2) is 9.62. The van der Waals surface area contributed by atoms with E-state index in [0.717, 1.165) is 5.56 Å². The molecule has 1 aromatic heterocycles. The molecule has 164 valence electrons. The third kappa shape index (κ3) is 5.71. The van der Waals surface area contributed by atoms with Crippen LogP contribution in [0.2, 0.25) is 5.02 Å². The second-order valence-corrected chi connectivity index (χ2v) is 9.92. The number of carbonyl (C=O) groups is 1. The lowest BCUT2D eigenvalue weighted by molar-refractivity contribution is -0.131. The molecule has 1 amide bonds. The molecule has 31 heavy (non-hydrogen) atoms. The van der Waals surface area contributed by atoms with Gasteiger partial charge in [-0.25, -0.2) is 13.4 Å². The van der Waals surface area contributed by atoms with E-state index in [-0.39, 0.29) is 35.1 Å². The molecule has 0 saturated heterocycles. The maximum atomic E-state index is 12.8. The number of rotatable bonds is 8. The summed E-state index contributed by atoms with van der Waals surface area (Å²) in [5.41, 5.74) is 1.09. The van der Waals surface area contributed by atoms with Crippen molar-refractivity contribution in [3.63, 3.8) is 0 Å². The van der Waals surface area contributed by atoms with Crippen molar-refractivity contribution in [3.05, 3.63) is 69.2 Å². The summed E-state index contributed by atoms with van der Waals surface area (Å²) in [6.45, 7) is 4.29. The van der Waals surface area contributed by atoms with E-state index in [1.165, 1.54) is 4.90 Å². The molecule has 0 aliphatic carbocycles. The number of fused-ring (bicyclic) bond motifs is 1. The van der Waals surface area contributed by atoms with Crippen molar-refractivity contribution < 1.29 is 13.2 Å². The van der Waals surface area contributed by atoms with E-state index in [4.69, 9.17) is 11.6 Å². The highest BCUT2D eigenvalue weighted by molar-refractivity contribution is 7.91. The Hall–Kier alpha value is -2.71. The van der Waals surface area contributed by atoms with Crippen molar-refractivity contribution in [1.82, 2.24) is 14.9 Å². The van der Waals surface area contributed by atoms with Crippen LogP contribution in [0.3, 0.4) is 0 Å². The topological polar surface area (TPSA) is 100 Å². The van der Waals surface area contributed by atoms with Crippen LogP contribution >= 0.6 is 11.6 Å². The average Bonchev–Trinajstić information content (AvgIpc) is 2.72. The molecule has 3 rings (SSSR count). The molecule has 9 heteroatoms. The minimum atomic E-state index is -3.57. The van der Waals surface area contributed by atoms with Gasteiger partial charge in [0.2, 0.25) is 5.91 Å². The van der Waals surface area contributed by atoms with Gasteiger partial charge in [0.1, 0.15) is 5.82 Å². The number of sulfone groups is 1. The zero-order valence-corrected chi connectivity index (χ0v) is 19.0.